The van der Waals surface area contributed by atoms with Crippen molar-refractivity contribution in [3.05, 3.63) is 83.4 Å². The van der Waals surface area contributed by atoms with E-state index >= 15 is 0 Å². The zero-order valence-corrected chi connectivity index (χ0v) is 14.9. The van der Waals surface area contributed by atoms with Crippen LogP contribution in [0.25, 0.3) is 33.7 Å². The molecule has 0 radical (unpaired) electrons. The number of aromatic hydroxyl groups is 1. The molecule has 3 nitrogen and oxygen atoms in total. The Morgan fingerprint density at radius 1 is 0.846 bits per heavy atom. The van der Waals surface area contributed by atoms with Crippen molar-refractivity contribution < 1.29 is 9.63 Å². The summed E-state index contributed by atoms with van der Waals surface area (Å²) in [5.74, 6) is 0.853. The maximum Gasteiger partial charge on any atom is 0.175 e. The highest BCUT2D eigenvalue weighted by atomic mass is 35.5. The molecule has 26 heavy (non-hydrogen) atoms. The number of nitrogens with zero attached hydrogens (tertiary/aromatic N) is 1. The van der Waals surface area contributed by atoms with Gasteiger partial charge in [-0.15, -0.1) is 0 Å². The highest BCUT2D eigenvalue weighted by molar-refractivity contribution is 6.33. The number of phenolic OH excluding ortho intramolecular Hbond substituents is 1. The van der Waals surface area contributed by atoms with Gasteiger partial charge in [0.1, 0.15) is 11.4 Å². The van der Waals surface area contributed by atoms with Crippen LogP contribution in [0.1, 0.15) is 5.56 Å². The van der Waals surface area contributed by atoms with Gasteiger partial charge in [-0.1, -0.05) is 59.2 Å². The lowest BCUT2D eigenvalue weighted by molar-refractivity contribution is 0.435. The maximum absolute atomic E-state index is 9.59. The molecule has 0 aliphatic carbocycles. The molecular formula is C22H16ClNO2. The van der Waals surface area contributed by atoms with E-state index in [-0.39, 0.29) is 5.75 Å². The van der Waals surface area contributed by atoms with Gasteiger partial charge >= 0.3 is 0 Å². The number of halogens is 1. The lowest BCUT2D eigenvalue weighted by Gasteiger charge is -2.09. The van der Waals surface area contributed by atoms with Crippen LogP contribution < -0.4 is 0 Å². The molecule has 0 saturated carbocycles. The number of benzene rings is 3. The molecule has 128 valence electrons. The molecule has 0 spiro atoms. The van der Waals surface area contributed by atoms with Crippen molar-refractivity contribution in [3.63, 3.8) is 0 Å². The molecule has 0 bridgehead atoms. The Bertz CT molecular complexity index is 1070. The Morgan fingerprint density at radius 3 is 2.19 bits per heavy atom. The summed E-state index contributed by atoms with van der Waals surface area (Å²) < 4.78 is 5.75. The van der Waals surface area contributed by atoms with Crippen molar-refractivity contribution in [2.24, 2.45) is 0 Å². The van der Waals surface area contributed by atoms with Gasteiger partial charge in [-0.25, -0.2) is 0 Å². The molecule has 0 fully saturated rings. The number of hydrogen-bond acceptors (Lipinski definition) is 3. The van der Waals surface area contributed by atoms with Gasteiger partial charge in [-0.05, 0) is 48.4 Å². The van der Waals surface area contributed by atoms with Crippen LogP contribution in [0.15, 0.2) is 77.3 Å². The van der Waals surface area contributed by atoms with Gasteiger partial charge in [0.05, 0.1) is 10.6 Å². The molecule has 1 aromatic heterocycles. The normalized spacial score (nSPS) is 10.8. The highest BCUT2D eigenvalue weighted by Crippen LogP contribution is 2.43. The Hall–Kier alpha value is -3.04. The third kappa shape index (κ3) is 2.87. The molecule has 0 saturated heterocycles. The molecule has 0 unspecified atom stereocenters. The fraction of sp³-hybridized carbons (Fsp3) is 0.0455. The molecule has 0 aliphatic rings. The molecule has 0 aliphatic heterocycles. The van der Waals surface area contributed by atoms with Gasteiger partial charge in [0.15, 0.2) is 5.76 Å². The first-order valence-electron chi connectivity index (χ1n) is 8.25. The number of phenols is 1. The Kier molecular flexibility index (Phi) is 4.23. The number of aromatic nitrogens is 1. The Balaban J connectivity index is 2.01. The summed E-state index contributed by atoms with van der Waals surface area (Å²) >= 11 is 6.42. The minimum absolute atomic E-state index is 0.206. The first-order valence-corrected chi connectivity index (χ1v) is 8.63. The summed E-state index contributed by atoms with van der Waals surface area (Å²) in [5.41, 5.74) is 5.40. The predicted molar refractivity (Wildman–Crippen MR) is 104 cm³/mol. The predicted octanol–water partition coefficient (Wildman–Crippen LogP) is 6.34. The van der Waals surface area contributed by atoms with E-state index in [9.17, 15) is 5.11 Å². The molecule has 1 heterocycles. The fourth-order valence-electron chi connectivity index (χ4n) is 3.04. The standard InChI is InChI=1S/C22H16ClNO2/c1-14-6-2-3-7-17(14)20-21(18-8-4-5-9-19(18)23)24-26-22(20)15-10-12-16(25)13-11-15/h2-13,25H,1H3. The van der Waals surface area contributed by atoms with Crippen LogP contribution in [-0.2, 0) is 0 Å². The Morgan fingerprint density at radius 2 is 1.50 bits per heavy atom. The van der Waals surface area contributed by atoms with Gasteiger partial charge in [0.25, 0.3) is 0 Å². The van der Waals surface area contributed by atoms with E-state index in [1.807, 2.05) is 54.6 Å². The van der Waals surface area contributed by atoms with Crippen LogP contribution in [0, 0.1) is 6.92 Å². The second-order valence-corrected chi connectivity index (χ2v) is 6.48. The fourth-order valence-corrected chi connectivity index (χ4v) is 3.27. The van der Waals surface area contributed by atoms with Crippen molar-refractivity contribution >= 4 is 11.6 Å². The zero-order chi connectivity index (χ0) is 18.1. The van der Waals surface area contributed by atoms with Crippen LogP contribution in [0.3, 0.4) is 0 Å². The van der Waals surface area contributed by atoms with Gasteiger partial charge in [0.2, 0.25) is 0 Å². The number of rotatable bonds is 3. The molecule has 1 N–H and O–H groups in total. The summed E-state index contributed by atoms with van der Waals surface area (Å²) in [7, 11) is 0. The van der Waals surface area contributed by atoms with E-state index in [0.29, 0.717) is 16.5 Å². The molecular weight excluding hydrogens is 346 g/mol. The Labute approximate surface area is 156 Å². The van der Waals surface area contributed by atoms with Crippen LogP contribution in [-0.4, -0.2) is 10.3 Å². The van der Waals surface area contributed by atoms with Crippen LogP contribution in [0.5, 0.6) is 5.75 Å². The lowest BCUT2D eigenvalue weighted by Crippen LogP contribution is -1.88. The van der Waals surface area contributed by atoms with Gasteiger partial charge in [0, 0.05) is 11.1 Å². The molecule has 4 aromatic rings. The largest absolute Gasteiger partial charge is 0.508 e. The molecule has 0 atom stereocenters. The van der Waals surface area contributed by atoms with Gasteiger partial charge < -0.3 is 9.63 Å². The van der Waals surface area contributed by atoms with Crippen molar-refractivity contribution in [1.82, 2.24) is 5.16 Å². The SMILES string of the molecule is Cc1ccccc1-c1c(-c2ccccc2Cl)noc1-c1ccc(O)cc1. The monoisotopic (exact) mass is 361 g/mol. The van der Waals surface area contributed by atoms with Gasteiger partial charge in [-0.3, -0.25) is 0 Å². The third-order valence-corrected chi connectivity index (χ3v) is 4.69. The smallest absolute Gasteiger partial charge is 0.175 e. The number of aryl methyl sites for hydroxylation is 1. The van der Waals surface area contributed by atoms with Crippen molar-refractivity contribution in [2.75, 3.05) is 0 Å². The summed E-state index contributed by atoms with van der Waals surface area (Å²) in [6.07, 6.45) is 0. The van der Waals surface area contributed by atoms with E-state index in [1.165, 1.54) is 0 Å². The quantitative estimate of drug-likeness (QED) is 0.463. The molecule has 3 aromatic carbocycles. The van der Waals surface area contributed by atoms with E-state index in [4.69, 9.17) is 16.1 Å². The topological polar surface area (TPSA) is 46.3 Å². The average Bonchev–Trinajstić information content (AvgIpc) is 3.07. The van der Waals surface area contributed by atoms with Crippen molar-refractivity contribution in [2.45, 2.75) is 6.92 Å². The van der Waals surface area contributed by atoms with Crippen molar-refractivity contribution in [3.8, 4) is 39.5 Å². The highest BCUT2D eigenvalue weighted by Gasteiger charge is 2.23. The maximum atomic E-state index is 9.59. The van der Waals surface area contributed by atoms with E-state index in [2.05, 4.69) is 18.1 Å². The second-order valence-electron chi connectivity index (χ2n) is 6.08. The van der Waals surface area contributed by atoms with E-state index in [0.717, 1.165) is 27.8 Å². The second kappa shape index (κ2) is 6.70. The van der Waals surface area contributed by atoms with Crippen molar-refractivity contribution in [1.29, 1.82) is 0 Å². The van der Waals surface area contributed by atoms with Crippen LogP contribution in [0.4, 0.5) is 0 Å². The van der Waals surface area contributed by atoms with E-state index in [1.54, 1.807) is 12.1 Å². The lowest BCUT2D eigenvalue weighted by atomic mass is 9.93. The molecule has 0 amide bonds. The van der Waals surface area contributed by atoms with Crippen LogP contribution in [0.2, 0.25) is 5.02 Å². The molecule has 4 rings (SSSR count). The minimum atomic E-state index is 0.206. The minimum Gasteiger partial charge on any atom is -0.508 e. The summed E-state index contributed by atoms with van der Waals surface area (Å²) in [6.45, 7) is 2.05. The van der Waals surface area contributed by atoms with Gasteiger partial charge in [-0.2, -0.15) is 0 Å². The van der Waals surface area contributed by atoms with E-state index < -0.39 is 0 Å². The first-order chi connectivity index (χ1) is 12.6. The zero-order valence-electron chi connectivity index (χ0n) is 14.1. The number of hydrogen-bond donors (Lipinski definition) is 1. The average molecular weight is 362 g/mol. The summed E-state index contributed by atoms with van der Waals surface area (Å²) in [4.78, 5) is 0. The summed E-state index contributed by atoms with van der Waals surface area (Å²) in [6, 6.07) is 22.6. The summed E-state index contributed by atoms with van der Waals surface area (Å²) in [5, 5.41) is 14.5. The first kappa shape index (κ1) is 16.4. The van der Waals surface area contributed by atoms with Crippen LogP contribution >= 0.6 is 11.6 Å². The third-order valence-electron chi connectivity index (χ3n) is 4.36. The molecule has 4 heteroatoms.